The van der Waals surface area contributed by atoms with E-state index in [1.807, 2.05) is 77.6 Å². The van der Waals surface area contributed by atoms with Crippen LogP contribution in [0.5, 0.6) is 0 Å². The van der Waals surface area contributed by atoms with Gasteiger partial charge in [-0.05, 0) is 22.8 Å². The van der Waals surface area contributed by atoms with Crippen LogP contribution in [0.1, 0.15) is 38.7 Å². The van der Waals surface area contributed by atoms with Crippen LogP contribution in [0.4, 0.5) is 0 Å². The van der Waals surface area contributed by atoms with Crippen LogP contribution in [0, 0.1) is 0 Å². The molecule has 2 heterocycles. The molecular weight excluding hydrogens is 412 g/mol. The Morgan fingerprint density at radius 1 is 0.818 bits per heavy atom. The van der Waals surface area contributed by atoms with Crippen molar-refractivity contribution in [1.29, 1.82) is 0 Å². The molecule has 0 bridgehead atoms. The zero-order chi connectivity index (χ0) is 22.6. The third-order valence-corrected chi connectivity index (χ3v) is 5.84. The van der Waals surface area contributed by atoms with E-state index in [2.05, 4.69) is 22.5 Å². The van der Waals surface area contributed by atoms with Gasteiger partial charge in [-0.1, -0.05) is 78.9 Å². The highest BCUT2D eigenvalue weighted by molar-refractivity contribution is 6.04. The topological polar surface area (TPSA) is 67.2 Å². The Bertz CT molecular complexity index is 1270. The van der Waals surface area contributed by atoms with Crippen molar-refractivity contribution in [1.82, 2.24) is 20.0 Å². The molecule has 4 aromatic rings. The Kier molecular flexibility index (Phi) is 5.72. The molecule has 1 N–H and O–H groups in total. The molecule has 0 saturated heterocycles. The van der Waals surface area contributed by atoms with Gasteiger partial charge < -0.3 is 10.2 Å². The molecule has 1 aliphatic rings. The molecule has 0 radical (unpaired) electrons. The van der Waals surface area contributed by atoms with Crippen LogP contribution in [-0.2, 0) is 24.4 Å². The fourth-order valence-electron chi connectivity index (χ4n) is 4.24. The number of amides is 2. The Hall–Kier alpha value is -4.19. The van der Waals surface area contributed by atoms with E-state index >= 15 is 0 Å². The third kappa shape index (κ3) is 4.41. The molecule has 1 aromatic heterocycles. The van der Waals surface area contributed by atoms with Crippen LogP contribution in [0.15, 0.2) is 97.3 Å². The highest BCUT2D eigenvalue weighted by Gasteiger charge is 2.40. The zero-order valence-corrected chi connectivity index (χ0v) is 18.1. The molecule has 5 rings (SSSR count). The lowest BCUT2D eigenvalue weighted by atomic mass is 10.0. The van der Waals surface area contributed by atoms with Crippen molar-refractivity contribution >= 4 is 11.8 Å². The molecule has 0 fully saturated rings. The molecule has 1 aliphatic heterocycles. The first kappa shape index (κ1) is 20.7. The molecule has 33 heavy (non-hydrogen) atoms. The normalized spacial score (nSPS) is 14.8. The number of carbonyl (C=O) groups is 2. The van der Waals surface area contributed by atoms with Crippen molar-refractivity contribution in [3.63, 3.8) is 0 Å². The number of carbonyl (C=O) groups excluding carboxylic acids is 2. The summed E-state index contributed by atoms with van der Waals surface area (Å²) in [4.78, 5) is 28.1. The summed E-state index contributed by atoms with van der Waals surface area (Å²) in [5, 5.41) is 7.45. The summed E-state index contributed by atoms with van der Waals surface area (Å²) in [6.07, 6.45) is 3.69. The lowest BCUT2D eigenvalue weighted by Gasteiger charge is -2.24. The maximum absolute atomic E-state index is 13.2. The zero-order valence-electron chi connectivity index (χ0n) is 18.1. The van der Waals surface area contributed by atoms with Crippen LogP contribution in [0.25, 0.3) is 0 Å². The van der Waals surface area contributed by atoms with Gasteiger partial charge in [0.15, 0.2) is 0 Å². The van der Waals surface area contributed by atoms with Gasteiger partial charge in [-0.2, -0.15) is 5.10 Å². The summed E-state index contributed by atoms with van der Waals surface area (Å²) in [5.74, 6) is -0.324. The maximum atomic E-state index is 13.2. The Morgan fingerprint density at radius 2 is 1.48 bits per heavy atom. The largest absolute Gasteiger partial charge is 0.350 e. The van der Waals surface area contributed by atoms with Gasteiger partial charge in [-0.25, -0.2) is 0 Å². The van der Waals surface area contributed by atoms with Crippen molar-refractivity contribution in [3.05, 3.63) is 125 Å². The van der Waals surface area contributed by atoms with Crippen LogP contribution >= 0.6 is 0 Å². The van der Waals surface area contributed by atoms with Crippen molar-refractivity contribution in [3.8, 4) is 0 Å². The van der Waals surface area contributed by atoms with Gasteiger partial charge in [0.25, 0.3) is 5.91 Å². The summed E-state index contributed by atoms with van der Waals surface area (Å²) < 4.78 is 1.85. The van der Waals surface area contributed by atoms with Crippen molar-refractivity contribution < 1.29 is 9.59 Å². The van der Waals surface area contributed by atoms with Crippen molar-refractivity contribution in [2.75, 3.05) is 0 Å². The van der Waals surface area contributed by atoms with E-state index in [-0.39, 0.29) is 11.8 Å². The summed E-state index contributed by atoms with van der Waals surface area (Å²) in [6.45, 7) is 1.37. The van der Waals surface area contributed by atoms with Gasteiger partial charge in [-0.15, -0.1) is 0 Å². The number of nitrogens with zero attached hydrogens (tertiary/aromatic N) is 3. The van der Waals surface area contributed by atoms with Crippen molar-refractivity contribution in [2.24, 2.45) is 0 Å². The molecule has 6 nitrogen and oxygen atoms in total. The molecule has 1 atom stereocenters. The first-order valence-corrected chi connectivity index (χ1v) is 11.0. The molecule has 2 amide bonds. The average Bonchev–Trinajstić information content (AvgIpc) is 3.41. The fraction of sp³-hybridized carbons (Fsp3) is 0.148. The molecule has 3 aromatic carbocycles. The predicted octanol–water partition coefficient (Wildman–Crippen LogP) is 3.94. The van der Waals surface area contributed by atoms with E-state index in [1.54, 1.807) is 17.2 Å². The maximum Gasteiger partial charge on any atom is 0.255 e. The molecule has 0 spiro atoms. The number of hydrogen-bond acceptors (Lipinski definition) is 3. The summed E-state index contributed by atoms with van der Waals surface area (Å²) in [5.41, 5.74) is 4.36. The number of hydrogen-bond donors (Lipinski definition) is 1. The molecule has 6 heteroatoms. The average molecular weight is 437 g/mol. The number of benzene rings is 3. The van der Waals surface area contributed by atoms with Crippen LogP contribution < -0.4 is 5.32 Å². The molecule has 1 unspecified atom stereocenters. The van der Waals surface area contributed by atoms with Gasteiger partial charge in [0.05, 0.1) is 19.3 Å². The van der Waals surface area contributed by atoms with Crippen molar-refractivity contribution in [2.45, 2.75) is 25.7 Å². The highest BCUT2D eigenvalue weighted by Crippen LogP contribution is 2.35. The van der Waals surface area contributed by atoms with Gasteiger partial charge in [0.2, 0.25) is 5.91 Å². The Balaban J connectivity index is 1.35. The Morgan fingerprint density at radius 3 is 2.24 bits per heavy atom. The standard InChI is InChI=1S/C27H24N4O2/c32-26(28-15-20-9-3-1-4-10-20)25-23-13-7-8-14-24(23)27(33)31(25)19-22-16-29-30(18-22)17-21-11-5-2-6-12-21/h1-14,16,18,25H,15,17,19H2,(H,28,32). The minimum absolute atomic E-state index is 0.138. The second-order valence-corrected chi connectivity index (χ2v) is 8.16. The third-order valence-electron chi connectivity index (χ3n) is 5.84. The SMILES string of the molecule is O=C(NCc1ccccc1)C1c2ccccc2C(=O)N1Cc1cnn(Cc2ccccc2)c1. The van der Waals surface area contributed by atoms with E-state index in [4.69, 9.17) is 0 Å². The van der Waals surface area contributed by atoms with Crippen LogP contribution in [0.3, 0.4) is 0 Å². The molecule has 0 aliphatic carbocycles. The minimum Gasteiger partial charge on any atom is -0.350 e. The monoisotopic (exact) mass is 436 g/mol. The fourth-order valence-corrected chi connectivity index (χ4v) is 4.24. The number of fused-ring (bicyclic) bond motifs is 1. The highest BCUT2D eigenvalue weighted by atomic mass is 16.2. The molecule has 164 valence electrons. The summed E-state index contributed by atoms with van der Waals surface area (Å²) in [6, 6.07) is 26.5. The summed E-state index contributed by atoms with van der Waals surface area (Å²) >= 11 is 0. The number of nitrogens with one attached hydrogen (secondary N) is 1. The van der Waals surface area contributed by atoms with Gasteiger partial charge >= 0.3 is 0 Å². The quantitative estimate of drug-likeness (QED) is 0.477. The van der Waals surface area contributed by atoms with E-state index in [9.17, 15) is 9.59 Å². The van der Waals surface area contributed by atoms with E-state index < -0.39 is 6.04 Å². The second-order valence-electron chi connectivity index (χ2n) is 8.16. The van der Waals surface area contributed by atoms with E-state index in [1.165, 1.54) is 0 Å². The summed E-state index contributed by atoms with van der Waals surface area (Å²) in [7, 11) is 0. The first-order valence-electron chi connectivity index (χ1n) is 11.0. The predicted molar refractivity (Wildman–Crippen MR) is 125 cm³/mol. The van der Waals surface area contributed by atoms with Gasteiger partial charge in [0, 0.05) is 23.9 Å². The minimum atomic E-state index is -0.671. The van der Waals surface area contributed by atoms with Crippen LogP contribution in [0.2, 0.25) is 0 Å². The Labute approximate surface area is 192 Å². The molecular formula is C27H24N4O2. The lowest BCUT2D eigenvalue weighted by molar-refractivity contribution is -0.125. The number of rotatable bonds is 7. The van der Waals surface area contributed by atoms with Crippen LogP contribution in [-0.4, -0.2) is 26.5 Å². The lowest BCUT2D eigenvalue weighted by Crippen LogP contribution is -2.38. The smallest absolute Gasteiger partial charge is 0.255 e. The van der Waals surface area contributed by atoms with E-state index in [0.717, 1.165) is 22.3 Å². The van der Waals surface area contributed by atoms with E-state index in [0.29, 0.717) is 25.2 Å². The second kappa shape index (κ2) is 9.12. The first-order chi connectivity index (χ1) is 16.2. The molecule has 0 saturated carbocycles. The number of aromatic nitrogens is 2. The van der Waals surface area contributed by atoms with Gasteiger partial charge in [0.1, 0.15) is 6.04 Å². The van der Waals surface area contributed by atoms with Gasteiger partial charge in [-0.3, -0.25) is 14.3 Å².